The van der Waals surface area contributed by atoms with Gasteiger partial charge in [0.25, 0.3) is 0 Å². The van der Waals surface area contributed by atoms with E-state index in [-0.39, 0.29) is 10.8 Å². The Morgan fingerprint density at radius 2 is 1.79 bits per heavy atom. The molecule has 0 aromatic heterocycles. The van der Waals surface area contributed by atoms with Crippen molar-refractivity contribution >= 4 is 27.7 Å². The van der Waals surface area contributed by atoms with Crippen LogP contribution in [0.5, 0.6) is 0 Å². The maximum absolute atomic E-state index is 11.7. The molecule has 1 amide bonds. The molecule has 0 aromatic rings. The molecule has 2 atom stereocenters. The van der Waals surface area contributed by atoms with Crippen LogP contribution in [0.3, 0.4) is 0 Å². The summed E-state index contributed by atoms with van der Waals surface area (Å²) in [5, 5.41) is 12.4. The maximum Gasteiger partial charge on any atom is 0.407 e. The van der Waals surface area contributed by atoms with Crippen molar-refractivity contribution in [1.82, 2.24) is 5.32 Å². The Bertz CT molecular complexity index is 283. The van der Waals surface area contributed by atoms with Crippen molar-refractivity contribution in [2.45, 2.75) is 71.0 Å². The van der Waals surface area contributed by atoms with Gasteiger partial charge in [0.05, 0.1) is 12.1 Å². The van der Waals surface area contributed by atoms with E-state index in [1.54, 1.807) is 28.5 Å². The summed E-state index contributed by atoms with van der Waals surface area (Å²) in [5.41, 5.74) is -0.527. The lowest BCUT2D eigenvalue weighted by Gasteiger charge is -2.25. The molecule has 0 fully saturated rings. The number of aliphatic hydroxyl groups is 1. The van der Waals surface area contributed by atoms with Gasteiger partial charge >= 0.3 is 6.09 Å². The van der Waals surface area contributed by atoms with E-state index in [2.05, 4.69) is 26.1 Å². The van der Waals surface area contributed by atoms with Gasteiger partial charge in [-0.1, -0.05) is 42.4 Å². The second-order valence-corrected chi connectivity index (χ2v) is 9.64. The van der Waals surface area contributed by atoms with Gasteiger partial charge in [-0.15, -0.1) is 0 Å². The molecule has 0 aliphatic heterocycles. The van der Waals surface area contributed by atoms with Crippen molar-refractivity contribution in [2.75, 3.05) is 5.75 Å². The molecule has 0 spiro atoms. The summed E-state index contributed by atoms with van der Waals surface area (Å²) in [6.07, 6.45) is -1.10. The molecular weight excluding hydrogens is 282 g/mol. The minimum atomic E-state index is -0.611. The van der Waals surface area contributed by atoms with E-state index in [0.29, 0.717) is 5.75 Å². The summed E-state index contributed by atoms with van der Waals surface area (Å²) in [6, 6.07) is -0.310. The molecule has 0 aromatic carbocycles. The van der Waals surface area contributed by atoms with E-state index in [4.69, 9.17) is 4.74 Å². The minimum Gasteiger partial charge on any atom is -0.444 e. The predicted octanol–water partition coefficient (Wildman–Crippen LogP) is 3.44. The topological polar surface area (TPSA) is 58.6 Å². The maximum atomic E-state index is 11.7. The second kappa shape index (κ2) is 7.64. The third kappa shape index (κ3) is 11.5. The van der Waals surface area contributed by atoms with Crippen LogP contribution >= 0.6 is 21.6 Å². The van der Waals surface area contributed by atoms with Gasteiger partial charge in [-0.05, 0) is 27.7 Å². The Labute approximate surface area is 124 Å². The number of ether oxygens (including phenoxy) is 1. The molecular formula is C13H27NO3S2. The third-order valence-corrected chi connectivity index (χ3v) is 5.22. The fourth-order valence-corrected chi connectivity index (χ4v) is 3.68. The average molecular weight is 309 g/mol. The summed E-state index contributed by atoms with van der Waals surface area (Å²) in [6.45, 7) is 13.5. The molecule has 0 rings (SSSR count). The van der Waals surface area contributed by atoms with Crippen molar-refractivity contribution in [3.8, 4) is 0 Å². The van der Waals surface area contributed by atoms with Crippen LogP contribution in [0.25, 0.3) is 0 Å². The highest BCUT2D eigenvalue weighted by Gasteiger charge is 2.23. The molecule has 2 N–H and O–H groups in total. The third-order valence-electron chi connectivity index (χ3n) is 1.84. The smallest absolute Gasteiger partial charge is 0.407 e. The average Bonchev–Trinajstić information content (AvgIpc) is 2.10. The van der Waals surface area contributed by atoms with Gasteiger partial charge in [-0.2, -0.15) is 0 Å². The molecule has 0 radical (unpaired) electrons. The van der Waals surface area contributed by atoms with E-state index in [1.165, 1.54) is 0 Å². The molecule has 6 heteroatoms. The first-order valence-corrected chi connectivity index (χ1v) is 8.71. The van der Waals surface area contributed by atoms with E-state index in [9.17, 15) is 9.90 Å². The highest BCUT2D eigenvalue weighted by molar-refractivity contribution is 8.77. The highest BCUT2D eigenvalue weighted by atomic mass is 33.1. The Kier molecular flexibility index (Phi) is 7.62. The monoisotopic (exact) mass is 309 g/mol. The fraction of sp³-hybridized carbons (Fsp3) is 0.923. The van der Waals surface area contributed by atoms with Crippen molar-refractivity contribution in [3.05, 3.63) is 0 Å². The first kappa shape index (κ1) is 18.9. The zero-order valence-corrected chi connectivity index (χ0v) is 14.6. The van der Waals surface area contributed by atoms with Crippen LogP contribution in [0.15, 0.2) is 0 Å². The number of aliphatic hydroxyl groups excluding tert-OH is 1. The highest BCUT2D eigenvalue weighted by Crippen LogP contribution is 2.35. The lowest BCUT2D eigenvalue weighted by molar-refractivity contribution is 0.0452. The predicted molar refractivity (Wildman–Crippen MR) is 84.6 cm³/mol. The van der Waals surface area contributed by atoms with Crippen LogP contribution in [0.2, 0.25) is 0 Å². The van der Waals surface area contributed by atoms with Gasteiger partial charge in [0.2, 0.25) is 0 Å². The molecule has 0 heterocycles. The van der Waals surface area contributed by atoms with Crippen LogP contribution in [-0.4, -0.2) is 39.4 Å². The number of alkyl carbamates (subject to hydrolysis) is 1. The Hall–Kier alpha value is -0.0700. The molecule has 4 nitrogen and oxygen atoms in total. The van der Waals surface area contributed by atoms with Crippen molar-refractivity contribution in [2.24, 2.45) is 0 Å². The van der Waals surface area contributed by atoms with Crippen molar-refractivity contribution in [3.63, 3.8) is 0 Å². The summed E-state index contributed by atoms with van der Waals surface area (Å²) in [4.78, 5) is 11.7. The lowest BCUT2D eigenvalue weighted by Crippen LogP contribution is -2.45. The Balaban J connectivity index is 4.24. The van der Waals surface area contributed by atoms with E-state index >= 15 is 0 Å². The Morgan fingerprint density at radius 3 is 2.16 bits per heavy atom. The van der Waals surface area contributed by atoms with E-state index in [1.807, 2.05) is 20.8 Å². The van der Waals surface area contributed by atoms with Crippen LogP contribution in [0.4, 0.5) is 4.79 Å². The molecule has 114 valence electrons. The van der Waals surface area contributed by atoms with Crippen LogP contribution < -0.4 is 5.32 Å². The largest absolute Gasteiger partial charge is 0.444 e. The summed E-state index contributed by atoms with van der Waals surface area (Å²) in [5.74, 6) is 0.638. The minimum absolute atomic E-state index is 0.153. The van der Waals surface area contributed by atoms with E-state index in [0.717, 1.165) is 0 Å². The van der Waals surface area contributed by atoms with Crippen molar-refractivity contribution < 1.29 is 14.6 Å². The quantitative estimate of drug-likeness (QED) is 0.762. The molecule has 2 unspecified atom stereocenters. The van der Waals surface area contributed by atoms with Gasteiger partial charge in [-0.25, -0.2) is 4.79 Å². The normalized spacial score (nSPS) is 15.8. The van der Waals surface area contributed by atoms with Gasteiger partial charge in [0.15, 0.2) is 0 Å². The van der Waals surface area contributed by atoms with Gasteiger partial charge < -0.3 is 15.2 Å². The van der Waals surface area contributed by atoms with Crippen LogP contribution in [0, 0.1) is 0 Å². The number of carbonyl (C=O) groups excluding carboxylic acids is 1. The number of hydrogen-bond acceptors (Lipinski definition) is 5. The van der Waals surface area contributed by atoms with Gasteiger partial charge in [-0.3, -0.25) is 0 Å². The fourth-order valence-electron chi connectivity index (χ4n) is 1.04. The Morgan fingerprint density at radius 1 is 1.26 bits per heavy atom. The van der Waals surface area contributed by atoms with E-state index < -0.39 is 17.8 Å². The van der Waals surface area contributed by atoms with Crippen LogP contribution in [0.1, 0.15) is 48.5 Å². The molecule has 0 aliphatic rings. The standard InChI is InChI=1S/C13H27NO3S2/c1-9(15)10(8-18-19-13(5,6)7)14-11(16)17-12(2,3)4/h9-10,15H,8H2,1-7H3,(H,14,16). The molecule has 0 saturated carbocycles. The second-order valence-electron chi connectivity index (χ2n) is 6.47. The summed E-state index contributed by atoms with van der Waals surface area (Å²) in [7, 11) is 3.38. The first-order valence-electron chi connectivity index (χ1n) is 6.39. The molecule has 0 aliphatic carbocycles. The summed E-state index contributed by atoms with van der Waals surface area (Å²) < 4.78 is 5.34. The first-order chi connectivity index (χ1) is 8.41. The van der Waals surface area contributed by atoms with Gasteiger partial charge in [0, 0.05) is 10.5 Å². The van der Waals surface area contributed by atoms with Gasteiger partial charge in [0.1, 0.15) is 5.60 Å². The zero-order chi connectivity index (χ0) is 15.3. The number of rotatable bonds is 5. The number of carbonyl (C=O) groups is 1. The SMILES string of the molecule is CC(O)C(CSSC(C)(C)C)NC(=O)OC(C)(C)C. The number of amides is 1. The zero-order valence-electron chi connectivity index (χ0n) is 12.9. The molecule has 19 heavy (non-hydrogen) atoms. The van der Waals surface area contributed by atoms with Crippen molar-refractivity contribution in [1.29, 1.82) is 0 Å². The number of nitrogens with one attached hydrogen (secondary N) is 1. The number of hydrogen-bond donors (Lipinski definition) is 2. The lowest BCUT2D eigenvalue weighted by atomic mass is 10.2. The van der Waals surface area contributed by atoms with Crippen LogP contribution in [-0.2, 0) is 4.74 Å². The summed E-state index contributed by atoms with van der Waals surface area (Å²) >= 11 is 0. The molecule has 0 saturated heterocycles. The molecule has 0 bridgehead atoms.